The minimum atomic E-state index is 0.225. The van der Waals surface area contributed by atoms with Gasteiger partial charge in [0.1, 0.15) is 5.69 Å². The molecule has 2 N–H and O–H groups in total. The molecule has 0 fully saturated rings. The molecule has 20 heavy (non-hydrogen) atoms. The van der Waals surface area contributed by atoms with Crippen molar-refractivity contribution < 1.29 is 4.52 Å². The quantitative estimate of drug-likeness (QED) is 0.656. The molecule has 0 bridgehead atoms. The van der Waals surface area contributed by atoms with Gasteiger partial charge in [-0.15, -0.1) is 11.3 Å². The van der Waals surface area contributed by atoms with Crippen LogP contribution in [0.25, 0.3) is 21.7 Å². The van der Waals surface area contributed by atoms with Crippen LogP contribution in [0.5, 0.6) is 0 Å². The van der Waals surface area contributed by atoms with E-state index in [0.29, 0.717) is 25.6 Å². The van der Waals surface area contributed by atoms with Gasteiger partial charge in [-0.05, 0) is 29.8 Å². The van der Waals surface area contributed by atoms with Crippen LogP contribution in [0, 0.1) is 0 Å². The molecule has 3 nitrogen and oxygen atoms in total. The zero-order valence-electron chi connectivity index (χ0n) is 9.86. The van der Waals surface area contributed by atoms with E-state index in [2.05, 4.69) is 5.16 Å². The number of benzene rings is 1. The number of halogens is 3. The maximum atomic E-state index is 6.04. The van der Waals surface area contributed by atoms with Crippen LogP contribution in [0.3, 0.4) is 0 Å². The van der Waals surface area contributed by atoms with Gasteiger partial charge in [0, 0.05) is 0 Å². The minimum absolute atomic E-state index is 0.225. The minimum Gasteiger partial charge on any atom is -0.367 e. The van der Waals surface area contributed by atoms with E-state index in [1.54, 1.807) is 18.2 Å². The van der Waals surface area contributed by atoms with Gasteiger partial charge in [-0.1, -0.05) is 46.0 Å². The number of nitrogens with two attached hydrogens (primary N) is 1. The van der Waals surface area contributed by atoms with Crippen molar-refractivity contribution in [1.82, 2.24) is 5.16 Å². The Balaban J connectivity index is 2.18. The Labute approximate surface area is 133 Å². The number of hydrogen-bond acceptors (Lipinski definition) is 4. The van der Waals surface area contributed by atoms with Crippen LogP contribution in [-0.2, 0) is 0 Å². The zero-order chi connectivity index (χ0) is 14.3. The second-order valence-corrected chi connectivity index (χ2v) is 6.53. The fraction of sp³-hybridized carbons (Fsp3) is 0. The zero-order valence-corrected chi connectivity index (χ0v) is 12.9. The van der Waals surface area contributed by atoms with Crippen molar-refractivity contribution >= 4 is 52.0 Å². The topological polar surface area (TPSA) is 52.0 Å². The van der Waals surface area contributed by atoms with Gasteiger partial charge in [0.2, 0.25) is 5.88 Å². The highest BCUT2D eigenvalue weighted by Crippen LogP contribution is 2.41. The number of nitrogens with zero attached hydrogens (tertiary/aromatic N) is 1. The van der Waals surface area contributed by atoms with Crippen LogP contribution in [0.2, 0.25) is 14.4 Å². The van der Waals surface area contributed by atoms with Crippen molar-refractivity contribution in [2.24, 2.45) is 0 Å². The lowest BCUT2D eigenvalue weighted by Gasteiger charge is -2.03. The van der Waals surface area contributed by atoms with Gasteiger partial charge in [0.15, 0.2) is 0 Å². The molecule has 3 aromatic rings. The molecule has 2 heterocycles. The first kappa shape index (κ1) is 13.8. The molecule has 0 saturated heterocycles. The average molecular weight is 346 g/mol. The first-order valence-electron chi connectivity index (χ1n) is 5.52. The molecule has 0 aliphatic carbocycles. The molecule has 0 radical (unpaired) electrons. The Kier molecular flexibility index (Phi) is 3.65. The van der Waals surface area contributed by atoms with Crippen LogP contribution in [0.1, 0.15) is 0 Å². The van der Waals surface area contributed by atoms with E-state index in [1.165, 1.54) is 11.3 Å². The second kappa shape index (κ2) is 5.30. The normalized spacial score (nSPS) is 10.9. The summed E-state index contributed by atoms with van der Waals surface area (Å²) in [4.78, 5) is 0.872. The van der Waals surface area contributed by atoms with Crippen molar-refractivity contribution in [2.75, 3.05) is 5.73 Å². The first-order valence-corrected chi connectivity index (χ1v) is 7.47. The van der Waals surface area contributed by atoms with Crippen LogP contribution < -0.4 is 5.73 Å². The number of anilines is 1. The lowest BCUT2D eigenvalue weighted by Crippen LogP contribution is -1.87. The van der Waals surface area contributed by atoms with E-state index in [-0.39, 0.29) is 5.88 Å². The second-order valence-electron chi connectivity index (χ2n) is 4.00. The molecule has 0 aliphatic heterocycles. The van der Waals surface area contributed by atoms with Crippen LogP contribution >= 0.6 is 46.1 Å². The Hall–Kier alpha value is -1.20. The summed E-state index contributed by atoms with van der Waals surface area (Å²) < 4.78 is 5.77. The van der Waals surface area contributed by atoms with Gasteiger partial charge in [-0.2, -0.15) is 0 Å². The SMILES string of the molecule is Nc1onc(-c2ccc(Cl)s2)c1-c1ccc(Cl)c(Cl)c1. The van der Waals surface area contributed by atoms with Crippen LogP contribution in [0.15, 0.2) is 34.9 Å². The highest BCUT2D eigenvalue weighted by molar-refractivity contribution is 7.19. The van der Waals surface area contributed by atoms with Crippen molar-refractivity contribution in [3.05, 3.63) is 44.7 Å². The van der Waals surface area contributed by atoms with Crippen molar-refractivity contribution in [3.8, 4) is 21.7 Å². The molecule has 0 amide bonds. The molecule has 1 aromatic carbocycles. The highest BCUT2D eigenvalue weighted by atomic mass is 35.5. The summed E-state index contributed by atoms with van der Waals surface area (Å²) in [5, 5.41) is 4.93. The van der Waals surface area contributed by atoms with Gasteiger partial charge in [-0.25, -0.2) is 0 Å². The van der Waals surface area contributed by atoms with Crippen LogP contribution in [0.4, 0.5) is 5.88 Å². The number of thiophene rings is 1. The summed E-state index contributed by atoms with van der Waals surface area (Å²) in [5.74, 6) is 0.225. The van der Waals surface area contributed by atoms with Gasteiger partial charge < -0.3 is 10.3 Å². The third-order valence-corrected chi connectivity index (χ3v) is 4.71. The maximum Gasteiger partial charge on any atom is 0.230 e. The molecule has 3 rings (SSSR count). The van der Waals surface area contributed by atoms with Crippen molar-refractivity contribution in [3.63, 3.8) is 0 Å². The average Bonchev–Trinajstić information content (AvgIpc) is 2.99. The Morgan fingerprint density at radius 3 is 2.50 bits per heavy atom. The summed E-state index contributed by atoms with van der Waals surface area (Å²) in [6.45, 7) is 0. The fourth-order valence-electron chi connectivity index (χ4n) is 1.84. The number of aromatic nitrogens is 1. The highest BCUT2D eigenvalue weighted by Gasteiger charge is 2.19. The Morgan fingerprint density at radius 2 is 1.85 bits per heavy atom. The lowest BCUT2D eigenvalue weighted by atomic mass is 10.0. The monoisotopic (exact) mass is 344 g/mol. The molecule has 0 atom stereocenters. The molecule has 7 heteroatoms. The van der Waals surface area contributed by atoms with Crippen molar-refractivity contribution in [2.45, 2.75) is 0 Å². The van der Waals surface area contributed by atoms with Gasteiger partial charge in [-0.3, -0.25) is 0 Å². The third kappa shape index (κ3) is 2.40. The summed E-state index contributed by atoms with van der Waals surface area (Å²) in [7, 11) is 0. The van der Waals surface area contributed by atoms with Crippen LogP contribution in [-0.4, -0.2) is 5.16 Å². The van der Waals surface area contributed by atoms with Gasteiger partial charge in [0.25, 0.3) is 0 Å². The number of nitrogen functional groups attached to an aromatic ring is 1. The van der Waals surface area contributed by atoms with E-state index < -0.39 is 0 Å². The number of hydrogen-bond donors (Lipinski definition) is 1. The third-order valence-electron chi connectivity index (χ3n) is 2.73. The summed E-state index contributed by atoms with van der Waals surface area (Å²) in [6, 6.07) is 8.91. The predicted molar refractivity (Wildman–Crippen MR) is 84.7 cm³/mol. The fourth-order valence-corrected chi connectivity index (χ4v) is 3.17. The smallest absolute Gasteiger partial charge is 0.230 e. The molecular formula is C13H7Cl3N2OS. The largest absolute Gasteiger partial charge is 0.367 e. The number of rotatable bonds is 2. The van der Waals surface area contributed by atoms with Crippen molar-refractivity contribution in [1.29, 1.82) is 0 Å². The summed E-state index contributed by atoms with van der Waals surface area (Å²) in [6.07, 6.45) is 0. The van der Waals surface area contributed by atoms with Gasteiger partial charge in [0.05, 0.1) is 24.8 Å². The first-order chi connectivity index (χ1) is 9.56. The van der Waals surface area contributed by atoms with E-state index in [0.717, 1.165) is 10.4 Å². The summed E-state index contributed by atoms with van der Waals surface area (Å²) >= 11 is 19.3. The lowest BCUT2D eigenvalue weighted by molar-refractivity contribution is 0.439. The predicted octanol–water partition coefficient (Wildman–Crippen LogP) is 5.61. The Bertz CT molecular complexity index is 782. The van der Waals surface area contributed by atoms with Gasteiger partial charge >= 0.3 is 0 Å². The standard InChI is InChI=1S/C13H7Cl3N2OS/c14-7-2-1-6(5-8(7)15)11-12(18-19-13(11)17)9-3-4-10(16)20-9/h1-5H,17H2. The molecule has 2 aromatic heterocycles. The van der Waals surface area contributed by atoms with E-state index >= 15 is 0 Å². The summed E-state index contributed by atoms with van der Waals surface area (Å²) in [5.41, 5.74) is 7.98. The molecule has 0 spiro atoms. The molecule has 102 valence electrons. The molecule has 0 aliphatic rings. The van der Waals surface area contributed by atoms with E-state index in [9.17, 15) is 0 Å². The molecule has 0 saturated carbocycles. The Morgan fingerprint density at radius 1 is 1.05 bits per heavy atom. The van der Waals surface area contributed by atoms with E-state index in [1.807, 2.05) is 12.1 Å². The molecular weight excluding hydrogens is 339 g/mol. The van der Waals surface area contributed by atoms with E-state index in [4.69, 9.17) is 45.1 Å². The maximum absolute atomic E-state index is 6.04. The molecule has 0 unspecified atom stereocenters.